The van der Waals surface area contributed by atoms with Gasteiger partial charge in [-0.1, -0.05) is 50.6 Å². The van der Waals surface area contributed by atoms with E-state index in [2.05, 4.69) is 5.32 Å². The summed E-state index contributed by atoms with van der Waals surface area (Å²) in [4.78, 5) is 25.1. The number of nitrogens with zero attached hydrogens (tertiary/aromatic N) is 1. The predicted octanol–water partition coefficient (Wildman–Crippen LogP) is 2.72. The normalized spacial score (nSPS) is 13.3. The van der Waals surface area contributed by atoms with Gasteiger partial charge in [0.2, 0.25) is 0 Å². The summed E-state index contributed by atoms with van der Waals surface area (Å²) >= 11 is 0. The van der Waals surface area contributed by atoms with Crippen LogP contribution in [-0.4, -0.2) is 34.6 Å². The van der Waals surface area contributed by atoms with Gasteiger partial charge in [0.1, 0.15) is 6.04 Å². The lowest BCUT2D eigenvalue weighted by molar-refractivity contribution is -0.140. The molecule has 0 saturated heterocycles. The fourth-order valence-electron chi connectivity index (χ4n) is 2.04. The number of nitrogens with one attached hydrogen (secondary N) is 1. The van der Waals surface area contributed by atoms with E-state index in [0.717, 1.165) is 5.56 Å². The summed E-state index contributed by atoms with van der Waals surface area (Å²) in [5.74, 6) is -1.10. The van der Waals surface area contributed by atoms with Gasteiger partial charge in [0, 0.05) is 13.1 Å². The Morgan fingerprint density at radius 1 is 1.24 bits per heavy atom. The number of amides is 2. The smallest absolute Gasteiger partial charge is 0.326 e. The quantitative estimate of drug-likeness (QED) is 0.812. The Labute approximate surface area is 126 Å². The zero-order chi connectivity index (χ0) is 15.8. The number of hydrogen-bond donors (Lipinski definition) is 2. The van der Waals surface area contributed by atoms with Crippen LogP contribution in [0.25, 0.3) is 0 Å². The Balaban J connectivity index is 2.72. The highest BCUT2D eigenvalue weighted by Gasteiger charge is 2.27. The maximum atomic E-state index is 12.3. The van der Waals surface area contributed by atoms with Gasteiger partial charge in [-0.25, -0.2) is 9.59 Å². The zero-order valence-corrected chi connectivity index (χ0v) is 12.9. The van der Waals surface area contributed by atoms with Crippen molar-refractivity contribution in [3.63, 3.8) is 0 Å². The highest BCUT2D eigenvalue weighted by atomic mass is 16.4. The first-order chi connectivity index (χ1) is 9.99. The molecule has 5 heteroatoms. The number of benzene rings is 1. The summed E-state index contributed by atoms with van der Waals surface area (Å²) in [6, 6.07) is 8.45. The Morgan fingerprint density at radius 2 is 1.86 bits per heavy atom. The van der Waals surface area contributed by atoms with E-state index in [-0.39, 0.29) is 11.9 Å². The second-order valence-electron chi connectivity index (χ2n) is 5.15. The molecule has 0 spiro atoms. The molecule has 21 heavy (non-hydrogen) atoms. The fourth-order valence-corrected chi connectivity index (χ4v) is 2.04. The predicted molar refractivity (Wildman–Crippen MR) is 81.9 cm³/mol. The van der Waals surface area contributed by atoms with E-state index in [1.54, 1.807) is 4.90 Å². The summed E-state index contributed by atoms with van der Waals surface area (Å²) in [6.07, 6.45) is 0.696. The van der Waals surface area contributed by atoms with Gasteiger partial charge in [-0.3, -0.25) is 0 Å². The van der Waals surface area contributed by atoms with E-state index >= 15 is 0 Å². The molecule has 0 aromatic heterocycles. The van der Waals surface area contributed by atoms with E-state index in [4.69, 9.17) is 0 Å². The molecule has 2 N–H and O–H groups in total. The largest absolute Gasteiger partial charge is 0.480 e. The highest BCUT2D eigenvalue weighted by molar-refractivity contribution is 5.82. The van der Waals surface area contributed by atoms with Crippen molar-refractivity contribution in [1.29, 1.82) is 0 Å². The first-order valence-corrected chi connectivity index (χ1v) is 7.31. The van der Waals surface area contributed by atoms with Crippen molar-refractivity contribution >= 4 is 12.0 Å². The molecule has 0 aliphatic heterocycles. The van der Waals surface area contributed by atoms with Crippen LogP contribution in [-0.2, 0) is 11.3 Å². The number of carbonyl (C=O) groups excluding carboxylic acids is 1. The molecule has 1 aromatic rings. The van der Waals surface area contributed by atoms with Gasteiger partial charge in [0.15, 0.2) is 0 Å². The third-order valence-electron chi connectivity index (χ3n) is 3.64. The number of carboxylic acids is 1. The van der Waals surface area contributed by atoms with Crippen molar-refractivity contribution < 1.29 is 14.7 Å². The molecule has 0 radical (unpaired) electrons. The average molecular weight is 292 g/mol. The molecule has 2 atom stereocenters. The van der Waals surface area contributed by atoms with Crippen LogP contribution in [0.4, 0.5) is 4.79 Å². The SMILES string of the molecule is CCC(C)C(NC(=O)N(CC)Cc1ccccc1)C(=O)O. The highest BCUT2D eigenvalue weighted by Crippen LogP contribution is 2.10. The molecule has 2 amide bonds. The molecule has 2 unspecified atom stereocenters. The van der Waals surface area contributed by atoms with E-state index < -0.39 is 12.0 Å². The van der Waals surface area contributed by atoms with E-state index in [9.17, 15) is 14.7 Å². The number of carboxylic acid groups (broad SMARTS) is 1. The van der Waals surface area contributed by atoms with Gasteiger partial charge < -0.3 is 15.3 Å². The summed E-state index contributed by atoms with van der Waals surface area (Å²) < 4.78 is 0. The number of urea groups is 1. The summed E-state index contributed by atoms with van der Waals surface area (Å²) in [5.41, 5.74) is 1.02. The van der Waals surface area contributed by atoms with E-state index in [1.807, 2.05) is 51.1 Å². The van der Waals surface area contributed by atoms with Gasteiger partial charge in [0.05, 0.1) is 0 Å². The van der Waals surface area contributed by atoms with Crippen molar-refractivity contribution in [2.75, 3.05) is 6.54 Å². The molecule has 0 saturated carbocycles. The summed E-state index contributed by atoms with van der Waals surface area (Å²) in [6.45, 7) is 6.60. The molecule has 0 heterocycles. The van der Waals surface area contributed by atoms with Gasteiger partial charge in [0.25, 0.3) is 0 Å². The molecule has 116 valence electrons. The zero-order valence-electron chi connectivity index (χ0n) is 12.9. The molecular formula is C16H24N2O3. The first-order valence-electron chi connectivity index (χ1n) is 7.31. The minimum absolute atomic E-state index is 0.109. The van der Waals surface area contributed by atoms with Crippen LogP contribution in [0, 0.1) is 5.92 Å². The molecule has 0 aliphatic rings. The fraction of sp³-hybridized carbons (Fsp3) is 0.500. The molecule has 1 aromatic carbocycles. The van der Waals surface area contributed by atoms with Crippen LogP contribution >= 0.6 is 0 Å². The van der Waals surface area contributed by atoms with Crippen molar-refractivity contribution in [2.24, 2.45) is 5.92 Å². The lowest BCUT2D eigenvalue weighted by Crippen LogP contribution is -2.50. The van der Waals surface area contributed by atoms with Crippen LogP contribution in [0.5, 0.6) is 0 Å². The van der Waals surface area contributed by atoms with Gasteiger partial charge in [-0.2, -0.15) is 0 Å². The van der Waals surface area contributed by atoms with Crippen molar-refractivity contribution in [3.8, 4) is 0 Å². The average Bonchev–Trinajstić information content (AvgIpc) is 2.49. The Kier molecular flexibility index (Phi) is 6.72. The number of carbonyl (C=O) groups is 2. The van der Waals surface area contributed by atoms with Gasteiger partial charge in [-0.15, -0.1) is 0 Å². The number of hydrogen-bond acceptors (Lipinski definition) is 2. The van der Waals surface area contributed by atoms with Gasteiger partial charge >= 0.3 is 12.0 Å². The topological polar surface area (TPSA) is 69.6 Å². The van der Waals surface area contributed by atoms with Crippen LogP contribution in [0.1, 0.15) is 32.8 Å². The minimum Gasteiger partial charge on any atom is -0.480 e. The molecule has 0 fully saturated rings. The van der Waals surface area contributed by atoms with Crippen LogP contribution < -0.4 is 5.32 Å². The Morgan fingerprint density at radius 3 is 2.33 bits per heavy atom. The molecule has 0 bridgehead atoms. The van der Waals surface area contributed by atoms with Crippen molar-refractivity contribution in [3.05, 3.63) is 35.9 Å². The standard InChI is InChI=1S/C16H24N2O3/c1-4-12(3)14(15(19)20)17-16(21)18(5-2)11-13-9-7-6-8-10-13/h6-10,12,14H,4-5,11H2,1-3H3,(H,17,21)(H,19,20). The third kappa shape index (κ3) is 5.10. The molecular weight excluding hydrogens is 268 g/mol. The second-order valence-corrected chi connectivity index (χ2v) is 5.15. The van der Waals surface area contributed by atoms with Crippen LogP contribution in [0.15, 0.2) is 30.3 Å². The Bertz CT molecular complexity index is 462. The van der Waals surface area contributed by atoms with Crippen molar-refractivity contribution in [1.82, 2.24) is 10.2 Å². The maximum Gasteiger partial charge on any atom is 0.326 e. The van der Waals surface area contributed by atoms with Gasteiger partial charge in [-0.05, 0) is 18.4 Å². The number of aliphatic carboxylic acids is 1. The monoisotopic (exact) mass is 292 g/mol. The molecule has 0 aliphatic carbocycles. The third-order valence-corrected chi connectivity index (χ3v) is 3.64. The molecule has 5 nitrogen and oxygen atoms in total. The van der Waals surface area contributed by atoms with E-state index in [0.29, 0.717) is 19.5 Å². The van der Waals surface area contributed by atoms with Crippen LogP contribution in [0.2, 0.25) is 0 Å². The molecule has 1 rings (SSSR count). The summed E-state index contributed by atoms with van der Waals surface area (Å²) in [7, 11) is 0. The summed E-state index contributed by atoms with van der Waals surface area (Å²) in [5, 5.41) is 11.9. The lowest BCUT2D eigenvalue weighted by Gasteiger charge is -2.26. The second kappa shape index (κ2) is 8.29. The first kappa shape index (κ1) is 17.0. The lowest BCUT2D eigenvalue weighted by atomic mass is 9.99. The Hall–Kier alpha value is -2.04. The van der Waals surface area contributed by atoms with E-state index in [1.165, 1.54) is 0 Å². The van der Waals surface area contributed by atoms with Crippen LogP contribution in [0.3, 0.4) is 0 Å². The number of rotatable bonds is 7. The maximum absolute atomic E-state index is 12.3. The minimum atomic E-state index is -0.992. The van der Waals surface area contributed by atoms with Crippen molar-refractivity contribution in [2.45, 2.75) is 39.8 Å².